The van der Waals surface area contributed by atoms with E-state index in [1.54, 1.807) is 26.5 Å². The van der Waals surface area contributed by atoms with E-state index in [1.165, 1.54) is 25.7 Å². The summed E-state index contributed by atoms with van der Waals surface area (Å²) in [4.78, 5) is 8.82. The number of nitrogens with one attached hydrogen (secondary N) is 1. The molecule has 1 aliphatic rings. The fraction of sp³-hybridized carbons (Fsp3) is 0.455. The highest BCUT2D eigenvalue weighted by Crippen LogP contribution is 2.39. The maximum atomic E-state index is 6.07. The Kier molecular flexibility index (Phi) is 7.55. The topological polar surface area (TPSA) is 91.0 Å². The minimum atomic E-state index is 0.436. The van der Waals surface area contributed by atoms with E-state index in [0.717, 1.165) is 18.4 Å². The molecule has 7 heteroatoms. The second-order valence-corrected chi connectivity index (χ2v) is 7.13. The molecule has 156 valence electrons. The molecule has 0 radical (unpaired) electrons. The molecule has 3 rings (SSSR count). The van der Waals surface area contributed by atoms with Crippen LogP contribution < -0.4 is 25.3 Å². The average Bonchev–Trinajstić information content (AvgIpc) is 3.02. The molecule has 0 saturated heterocycles. The number of nitrogens with two attached hydrogens (primary N) is 1. The smallest absolute Gasteiger partial charge is 0.219 e. The van der Waals surface area contributed by atoms with Gasteiger partial charge in [0.05, 0.1) is 20.8 Å². The SMILES string of the molecule is COc1cccc(OC)c1Oc1ccc(CN=C(N)NC2CCCCCC2)cn1. The molecule has 2 aromatic rings. The summed E-state index contributed by atoms with van der Waals surface area (Å²) in [6, 6.07) is 9.62. The van der Waals surface area contributed by atoms with E-state index >= 15 is 0 Å². The van der Waals surface area contributed by atoms with Crippen LogP contribution in [0.4, 0.5) is 0 Å². The zero-order chi connectivity index (χ0) is 20.5. The lowest BCUT2D eigenvalue weighted by Gasteiger charge is -2.16. The standard InChI is InChI=1S/C22H30N4O3/c1-27-18-10-7-11-19(28-2)21(18)29-20-13-12-16(14-24-20)15-25-22(23)26-17-8-5-3-4-6-9-17/h7,10-14,17H,3-6,8-9,15H2,1-2H3,(H3,23,25,26). The van der Waals surface area contributed by atoms with Crippen molar-refractivity contribution in [3.8, 4) is 23.1 Å². The minimum absolute atomic E-state index is 0.436. The number of nitrogens with zero attached hydrogens (tertiary/aromatic N) is 2. The van der Waals surface area contributed by atoms with Crippen molar-refractivity contribution < 1.29 is 14.2 Å². The minimum Gasteiger partial charge on any atom is -0.493 e. The van der Waals surface area contributed by atoms with E-state index in [4.69, 9.17) is 19.9 Å². The number of para-hydroxylation sites is 1. The maximum Gasteiger partial charge on any atom is 0.219 e. The van der Waals surface area contributed by atoms with Gasteiger partial charge in [-0.2, -0.15) is 0 Å². The lowest BCUT2D eigenvalue weighted by Crippen LogP contribution is -2.39. The molecule has 0 spiro atoms. The summed E-state index contributed by atoms with van der Waals surface area (Å²) < 4.78 is 16.6. The van der Waals surface area contributed by atoms with E-state index < -0.39 is 0 Å². The van der Waals surface area contributed by atoms with Crippen molar-refractivity contribution in [2.45, 2.75) is 51.1 Å². The molecule has 0 aliphatic heterocycles. The van der Waals surface area contributed by atoms with Crippen LogP contribution in [0.5, 0.6) is 23.1 Å². The van der Waals surface area contributed by atoms with Gasteiger partial charge in [0, 0.05) is 18.3 Å². The Morgan fingerprint density at radius 1 is 1.07 bits per heavy atom. The van der Waals surface area contributed by atoms with E-state index in [0.29, 0.717) is 41.7 Å². The predicted molar refractivity (Wildman–Crippen MR) is 114 cm³/mol. The van der Waals surface area contributed by atoms with Gasteiger partial charge in [0.15, 0.2) is 17.5 Å². The molecule has 1 fully saturated rings. The normalized spacial score (nSPS) is 15.4. The lowest BCUT2D eigenvalue weighted by atomic mass is 10.1. The van der Waals surface area contributed by atoms with Gasteiger partial charge in [-0.05, 0) is 30.5 Å². The van der Waals surface area contributed by atoms with Crippen LogP contribution in [0.1, 0.15) is 44.1 Å². The Hall–Kier alpha value is -2.96. The third kappa shape index (κ3) is 6.01. The fourth-order valence-electron chi connectivity index (χ4n) is 3.44. The summed E-state index contributed by atoms with van der Waals surface area (Å²) in [7, 11) is 3.17. The van der Waals surface area contributed by atoms with Crippen LogP contribution in [-0.2, 0) is 6.54 Å². The number of pyridine rings is 1. The van der Waals surface area contributed by atoms with Crippen molar-refractivity contribution in [3.05, 3.63) is 42.1 Å². The number of methoxy groups -OCH3 is 2. The number of hydrogen-bond donors (Lipinski definition) is 2. The lowest BCUT2D eigenvalue weighted by molar-refractivity contribution is 0.342. The first-order valence-corrected chi connectivity index (χ1v) is 10.1. The highest BCUT2D eigenvalue weighted by Gasteiger charge is 2.14. The summed E-state index contributed by atoms with van der Waals surface area (Å²) in [5.41, 5.74) is 7.02. The monoisotopic (exact) mass is 398 g/mol. The second-order valence-electron chi connectivity index (χ2n) is 7.13. The van der Waals surface area contributed by atoms with Crippen molar-refractivity contribution in [3.63, 3.8) is 0 Å². The molecule has 1 aromatic heterocycles. The summed E-state index contributed by atoms with van der Waals surface area (Å²) in [5.74, 6) is 2.60. The number of guanidine groups is 1. The van der Waals surface area contributed by atoms with Gasteiger partial charge in [0.25, 0.3) is 0 Å². The van der Waals surface area contributed by atoms with E-state index in [9.17, 15) is 0 Å². The van der Waals surface area contributed by atoms with Crippen molar-refractivity contribution in [1.29, 1.82) is 0 Å². The summed E-state index contributed by atoms with van der Waals surface area (Å²) in [6.45, 7) is 0.469. The van der Waals surface area contributed by atoms with Gasteiger partial charge >= 0.3 is 0 Å². The summed E-state index contributed by atoms with van der Waals surface area (Å²) in [6.07, 6.45) is 9.21. The first kappa shape index (κ1) is 20.8. The van der Waals surface area contributed by atoms with Gasteiger partial charge in [-0.25, -0.2) is 9.98 Å². The van der Waals surface area contributed by atoms with Gasteiger partial charge in [0.1, 0.15) is 0 Å². The summed E-state index contributed by atoms with van der Waals surface area (Å²) >= 11 is 0. The summed E-state index contributed by atoms with van der Waals surface area (Å²) in [5, 5.41) is 3.35. The molecule has 0 amide bonds. The van der Waals surface area contributed by atoms with E-state index in [2.05, 4.69) is 15.3 Å². The highest BCUT2D eigenvalue weighted by atomic mass is 16.5. The van der Waals surface area contributed by atoms with Crippen molar-refractivity contribution >= 4 is 5.96 Å². The van der Waals surface area contributed by atoms with Gasteiger partial charge in [-0.1, -0.05) is 37.8 Å². The van der Waals surface area contributed by atoms with Crippen molar-refractivity contribution in [1.82, 2.24) is 10.3 Å². The molecule has 1 saturated carbocycles. The van der Waals surface area contributed by atoms with Crippen LogP contribution in [-0.4, -0.2) is 31.2 Å². The molecular formula is C22H30N4O3. The van der Waals surface area contributed by atoms with Crippen LogP contribution >= 0.6 is 0 Å². The number of hydrogen-bond acceptors (Lipinski definition) is 5. The van der Waals surface area contributed by atoms with E-state index in [-0.39, 0.29) is 0 Å². The zero-order valence-electron chi connectivity index (χ0n) is 17.2. The number of aromatic nitrogens is 1. The first-order valence-electron chi connectivity index (χ1n) is 10.1. The van der Waals surface area contributed by atoms with Gasteiger partial charge in [0.2, 0.25) is 11.6 Å². The van der Waals surface area contributed by atoms with Gasteiger partial charge in [-0.15, -0.1) is 0 Å². The Morgan fingerprint density at radius 2 is 1.76 bits per heavy atom. The molecule has 1 aliphatic carbocycles. The van der Waals surface area contributed by atoms with Crippen LogP contribution in [0.2, 0.25) is 0 Å². The predicted octanol–water partition coefficient (Wildman–Crippen LogP) is 4.02. The molecule has 0 unspecified atom stereocenters. The number of benzene rings is 1. The third-order valence-corrected chi connectivity index (χ3v) is 5.03. The van der Waals surface area contributed by atoms with Crippen molar-refractivity contribution in [2.24, 2.45) is 10.7 Å². The molecule has 29 heavy (non-hydrogen) atoms. The van der Waals surface area contributed by atoms with Gasteiger partial charge < -0.3 is 25.3 Å². The van der Waals surface area contributed by atoms with Crippen LogP contribution in [0.25, 0.3) is 0 Å². The second kappa shape index (κ2) is 10.5. The van der Waals surface area contributed by atoms with Crippen LogP contribution in [0.3, 0.4) is 0 Å². The van der Waals surface area contributed by atoms with Gasteiger partial charge in [-0.3, -0.25) is 0 Å². The first-order chi connectivity index (χ1) is 14.2. The molecular weight excluding hydrogens is 368 g/mol. The Labute approximate surface area is 172 Å². The Balaban J connectivity index is 1.59. The zero-order valence-corrected chi connectivity index (χ0v) is 17.2. The molecule has 1 heterocycles. The number of rotatable bonds is 7. The third-order valence-electron chi connectivity index (χ3n) is 5.03. The average molecular weight is 399 g/mol. The fourth-order valence-corrected chi connectivity index (χ4v) is 3.44. The highest BCUT2D eigenvalue weighted by molar-refractivity contribution is 5.78. The van der Waals surface area contributed by atoms with Crippen LogP contribution in [0, 0.1) is 0 Å². The maximum absolute atomic E-state index is 6.07. The molecule has 3 N–H and O–H groups in total. The van der Waals surface area contributed by atoms with Crippen molar-refractivity contribution in [2.75, 3.05) is 14.2 Å². The Bertz CT molecular complexity index is 778. The molecule has 0 bridgehead atoms. The van der Waals surface area contributed by atoms with E-state index in [1.807, 2.05) is 24.3 Å². The number of aliphatic imine (C=N–C) groups is 1. The van der Waals surface area contributed by atoms with Crippen LogP contribution in [0.15, 0.2) is 41.5 Å². The molecule has 1 aromatic carbocycles. The molecule has 7 nitrogen and oxygen atoms in total. The molecule has 0 atom stereocenters. The largest absolute Gasteiger partial charge is 0.493 e. The quantitative estimate of drug-likeness (QED) is 0.416. The Morgan fingerprint density at radius 3 is 2.34 bits per heavy atom. The number of ether oxygens (including phenoxy) is 3.